The van der Waals surface area contributed by atoms with Crippen LogP contribution in [0, 0.1) is 0 Å². The monoisotopic (exact) mass is 223 g/mol. The zero-order chi connectivity index (χ0) is 10.7. The lowest BCUT2D eigenvalue weighted by molar-refractivity contribution is 0.347. The predicted octanol–water partition coefficient (Wildman–Crippen LogP) is 2.41. The summed E-state index contributed by atoms with van der Waals surface area (Å²) in [5.41, 5.74) is 1.41. The molecule has 1 aromatic rings. The Balaban J connectivity index is 2.07. The molecule has 0 amide bonds. The Labute approximate surface area is 95.6 Å². The standard InChI is InChI=1S/C12H17NOS/c1-13-7-8-15-12(9-13)10-3-5-11(14-2)6-4-10/h3-6,12H,7-9H2,1-2H3. The van der Waals surface area contributed by atoms with Crippen molar-refractivity contribution in [2.24, 2.45) is 0 Å². The molecule has 1 saturated heterocycles. The minimum absolute atomic E-state index is 0.620. The molecule has 1 aliphatic heterocycles. The number of likely N-dealkylation sites (N-methyl/N-ethyl adjacent to an activating group) is 1. The van der Waals surface area contributed by atoms with Crippen LogP contribution in [-0.2, 0) is 0 Å². The third kappa shape index (κ3) is 2.67. The van der Waals surface area contributed by atoms with Crippen LogP contribution < -0.4 is 4.74 Å². The van der Waals surface area contributed by atoms with Crippen molar-refractivity contribution in [2.45, 2.75) is 5.25 Å². The van der Waals surface area contributed by atoms with Gasteiger partial charge in [0.05, 0.1) is 7.11 Å². The highest BCUT2D eigenvalue weighted by atomic mass is 32.2. The molecular weight excluding hydrogens is 206 g/mol. The molecule has 0 bridgehead atoms. The second-order valence-electron chi connectivity index (χ2n) is 3.89. The first-order valence-corrected chi connectivity index (χ1v) is 6.28. The number of hydrogen-bond acceptors (Lipinski definition) is 3. The number of hydrogen-bond donors (Lipinski definition) is 0. The molecule has 2 rings (SSSR count). The molecule has 0 saturated carbocycles. The number of ether oxygens (including phenoxy) is 1. The Morgan fingerprint density at radius 1 is 1.33 bits per heavy atom. The van der Waals surface area contributed by atoms with Gasteiger partial charge in [-0.05, 0) is 24.7 Å². The van der Waals surface area contributed by atoms with Crippen molar-refractivity contribution in [3.05, 3.63) is 29.8 Å². The minimum atomic E-state index is 0.620. The Morgan fingerprint density at radius 2 is 2.07 bits per heavy atom. The van der Waals surface area contributed by atoms with Crippen LogP contribution in [0.15, 0.2) is 24.3 Å². The summed E-state index contributed by atoms with van der Waals surface area (Å²) in [7, 11) is 3.90. The third-order valence-corrected chi connectivity index (χ3v) is 4.00. The van der Waals surface area contributed by atoms with E-state index in [1.807, 2.05) is 12.1 Å². The van der Waals surface area contributed by atoms with Gasteiger partial charge in [-0.3, -0.25) is 0 Å². The van der Waals surface area contributed by atoms with E-state index in [2.05, 4.69) is 35.8 Å². The first kappa shape index (κ1) is 10.8. The average molecular weight is 223 g/mol. The molecular formula is C12H17NOS. The van der Waals surface area contributed by atoms with Crippen LogP contribution in [0.25, 0.3) is 0 Å². The molecule has 3 heteroatoms. The van der Waals surface area contributed by atoms with E-state index >= 15 is 0 Å². The molecule has 1 fully saturated rings. The van der Waals surface area contributed by atoms with E-state index < -0.39 is 0 Å². The summed E-state index contributed by atoms with van der Waals surface area (Å²) in [6.45, 7) is 2.36. The Bertz CT molecular complexity index is 312. The predicted molar refractivity (Wildman–Crippen MR) is 65.7 cm³/mol. The highest BCUT2D eigenvalue weighted by Gasteiger charge is 2.18. The second kappa shape index (κ2) is 4.90. The lowest BCUT2D eigenvalue weighted by Gasteiger charge is -2.29. The molecule has 82 valence electrons. The van der Waals surface area contributed by atoms with Gasteiger partial charge in [-0.25, -0.2) is 0 Å². The van der Waals surface area contributed by atoms with E-state index in [-0.39, 0.29) is 0 Å². The normalized spacial score (nSPS) is 22.7. The van der Waals surface area contributed by atoms with Gasteiger partial charge >= 0.3 is 0 Å². The molecule has 1 unspecified atom stereocenters. The lowest BCUT2D eigenvalue weighted by atomic mass is 10.1. The number of thioether (sulfide) groups is 1. The van der Waals surface area contributed by atoms with Crippen molar-refractivity contribution < 1.29 is 4.74 Å². The fraction of sp³-hybridized carbons (Fsp3) is 0.500. The highest BCUT2D eigenvalue weighted by molar-refractivity contribution is 7.99. The first-order chi connectivity index (χ1) is 7.29. The van der Waals surface area contributed by atoms with Crippen LogP contribution in [0.5, 0.6) is 5.75 Å². The quantitative estimate of drug-likeness (QED) is 0.764. The largest absolute Gasteiger partial charge is 0.497 e. The maximum atomic E-state index is 5.16. The van der Waals surface area contributed by atoms with E-state index in [0.717, 1.165) is 12.3 Å². The van der Waals surface area contributed by atoms with Crippen molar-refractivity contribution in [3.63, 3.8) is 0 Å². The summed E-state index contributed by atoms with van der Waals surface area (Å²) < 4.78 is 5.16. The topological polar surface area (TPSA) is 12.5 Å². The smallest absolute Gasteiger partial charge is 0.118 e. The van der Waals surface area contributed by atoms with Crippen LogP contribution in [0.3, 0.4) is 0 Å². The fourth-order valence-electron chi connectivity index (χ4n) is 1.80. The van der Waals surface area contributed by atoms with Gasteiger partial charge in [0.1, 0.15) is 5.75 Å². The van der Waals surface area contributed by atoms with Crippen LogP contribution in [0.2, 0.25) is 0 Å². The van der Waals surface area contributed by atoms with Gasteiger partial charge in [-0.15, -0.1) is 0 Å². The van der Waals surface area contributed by atoms with Gasteiger partial charge in [0, 0.05) is 24.1 Å². The molecule has 2 nitrogen and oxygen atoms in total. The Hall–Kier alpha value is -0.670. The number of methoxy groups -OCH3 is 1. The molecule has 1 heterocycles. The van der Waals surface area contributed by atoms with E-state index in [9.17, 15) is 0 Å². The van der Waals surface area contributed by atoms with Gasteiger partial charge in [0.25, 0.3) is 0 Å². The average Bonchev–Trinajstić information content (AvgIpc) is 2.29. The van der Waals surface area contributed by atoms with Gasteiger partial charge in [-0.1, -0.05) is 12.1 Å². The van der Waals surface area contributed by atoms with Crippen molar-refractivity contribution in [1.82, 2.24) is 4.90 Å². The van der Waals surface area contributed by atoms with Gasteiger partial charge in [0.15, 0.2) is 0 Å². The van der Waals surface area contributed by atoms with Gasteiger partial charge in [-0.2, -0.15) is 11.8 Å². The number of rotatable bonds is 2. The molecule has 0 aliphatic carbocycles. The lowest BCUT2D eigenvalue weighted by Crippen LogP contribution is -2.30. The van der Waals surface area contributed by atoms with E-state index in [1.165, 1.54) is 17.9 Å². The maximum absolute atomic E-state index is 5.16. The van der Waals surface area contributed by atoms with Gasteiger partial charge < -0.3 is 9.64 Å². The third-order valence-electron chi connectivity index (χ3n) is 2.76. The van der Waals surface area contributed by atoms with Gasteiger partial charge in [0.2, 0.25) is 0 Å². The maximum Gasteiger partial charge on any atom is 0.118 e. The van der Waals surface area contributed by atoms with Crippen molar-refractivity contribution in [1.29, 1.82) is 0 Å². The summed E-state index contributed by atoms with van der Waals surface area (Å²) in [5, 5.41) is 0.620. The molecule has 0 N–H and O–H groups in total. The molecule has 1 aliphatic rings. The molecule has 1 atom stereocenters. The summed E-state index contributed by atoms with van der Waals surface area (Å²) in [6, 6.07) is 8.44. The molecule has 15 heavy (non-hydrogen) atoms. The number of nitrogens with zero attached hydrogens (tertiary/aromatic N) is 1. The minimum Gasteiger partial charge on any atom is -0.497 e. The molecule has 0 aromatic heterocycles. The Morgan fingerprint density at radius 3 is 2.67 bits per heavy atom. The van der Waals surface area contributed by atoms with Crippen molar-refractivity contribution in [3.8, 4) is 5.75 Å². The summed E-state index contributed by atoms with van der Waals surface area (Å²) in [6.07, 6.45) is 0. The van der Waals surface area contributed by atoms with Crippen LogP contribution in [-0.4, -0.2) is 37.9 Å². The van der Waals surface area contributed by atoms with Crippen LogP contribution >= 0.6 is 11.8 Å². The second-order valence-corrected chi connectivity index (χ2v) is 5.21. The Kier molecular flexibility index (Phi) is 3.54. The number of benzene rings is 1. The molecule has 1 aromatic carbocycles. The summed E-state index contributed by atoms with van der Waals surface area (Å²) in [4.78, 5) is 2.39. The van der Waals surface area contributed by atoms with E-state index in [4.69, 9.17) is 4.74 Å². The molecule has 0 radical (unpaired) electrons. The van der Waals surface area contributed by atoms with Crippen LogP contribution in [0.1, 0.15) is 10.8 Å². The molecule has 0 spiro atoms. The zero-order valence-corrected chi connectivity index (χ0v) is 10.1. The van der Waals surface area contributed by atoms with E-state index in [0.29, 0.717) is 5.25 Å². The highest BCUT2D eigenvalue weighted by Crippen LogP contribution is 2.33. The SMILES string of the molecule is COc1ccc(C2CN(C)CCS2)cc1. The zero-order valence-electron chi connectivity index (χ0n) is 9.27. The van der Waals surface area contributed by atoms with E-state index in [1.54, 1.807) is 7.11 Å². The fourth-order valence-corrected chi connectivity index (χ4v) is 3.21. The summed E-state index contributed by atoms with van der Waals surface area (Å²) >= 11 is 2.05. The first-order valence-electron chi connectivity index (χ1n) is 5.23. The summed E-state index contributed by atoms with van der Waals surface area (Å²) in [5.74, 6) is 2.17. The van der Waals surface area contributed by atoms with Crippen molar-refractivity contribution >= 4 is 11.8 Å². The van der Waals surface area contributed by atoms with Crippen molar-refractivity contribution in [2.75, 3.05) is 33.0 Å². The van der Waals surface area contributed by atoms with Crippen LogP contribution in [0.4, 0.5) is 0 Å².